The molecule has 1 unspecified atom stereocenters. The minimum atomic E-state index is -0.0408. The van der Waals surface area contributed by atoms with Crippen molar-refractivity contribution in [2.45, 2.75) is 19.3 Å². The number of anilines is 1. The highest BCUT2D eigenvalue weighted by Crippen LogP contribution is 2.25. The molecule has 0 saturated heterocycles. The van der Waals surface area contributed by atoms with E-state index in [4.69, 9.17) is 5.73 Å². The molecule has 1 atom stereocenters. The van der Waals surface area contributed by atoms with Gasteiger partial charge in [0, 0.05) is 31.2 Å². The fraction of sp³-hybridized carbons (Fsp3) is 0.333. The summed E-state index contributed by atoms with van der Waals surface area (Å²) in [4.78, 5) is 2.28. The van der Waals surface area contributed by atoms with Crippen LogP contribution >= 0.6 is 0 Å². The molecule has 2 N–H and O–H groups in total. The van der Waals surface area contributed by atoms with Gasteiger partial charge >= 0.3 is 0 Å². The van der Waals surface area contributed by atoms with Crippen LogP contribution in [-0.2, 0) is 5.41 Å². The minimum absolute atomic E-state index is 0.0408. The van der Waals surface area contributed by atoms with Crippen LogP contribution < -0.4 is 10.6 Å². The molecule has 106 valence electrons. The zero-order valence-corrected chi connectivity index (χ0v) is 12.6. The molecule has 0 bridgehead atoms. The minimum Gasteiger partial charge on any atom is -0.374 e. The summed E-state index contributed by atoms with van der Waals surface area (Å²) in [7, 11) is 2.13. The Morgan fingerprint density at radius 2 is 1.60 bits per heavy atom. The summed E-state index contributed by atoms with van der Waals surface area (Å²) in [6.45, 7) is 5.87. The molecule has 2 rings (SSSR count). The number of hydrogen-bond acceptors (Lipinski definition) is 2. The SMILES string of the molecule is Cc1ccc(N(C)CC(C)(CN)c2ccccc2)cc1. The van der Waals surface area contributed by atoms with Crippen LogP contribution in [-0.4, -0.2) is 20.1 Å². The third-order valence-electron chi connectivity index (χ3n) is 3.98. The third kappa shape index (κ3) is 3.20. The van der Waals surface area contributed by atoms with Gasteiger partial charge in [0.25, 0.3) is 0 Å². The lowest BCUT2D eigenvalue weighted by Crippen LogP contribution is -2.42. The van der Waals surface area contributed by atoms with Crippen molar-refractivity contribution in [1.29, 1.82) is 0 Å². The van der Waals surface area contributed by atoms with Crippen molar-refractivity contribution >= 4 is 5.69 Å². The zero-order chi connectivity index (χ0) is 14.6. The van der Waals surface area contributed by atoms with E-state index in [9.17, 15) is 0 Å². The van der Waals surface area contributed by atoms with E-state index >= 15 is 0 Å². The average molecular weight is 268 g/mol. The number of nitrogens with two attached hydrogens (primary N) is 1. The van der Waals surface area contributed by atoms with Crippen molar-refractivity contribution in [3.05, 3.63) is 65.7 Å². The highest BCUT2D eigenvalue weighted by molar-refractivity contribution is 5.47. The summed E-state index contributed by atoms with van der Waals surface area (Å²) < 4.78 is 0. The van der Waals surface area contributed by atoms with Crippen LogP contribution in [0.5, 0.6) is 0 Å². The van der Waals surface area contributed by atoms with Gasteiger partial charge in [-0.15, -0.1) is 0 Å². The molecule has 2 aromatic carbocycles. The van der Waals surface area contributed by atoms with Crippen molar-refractivity contribution in [2.75, 3.05) is 25.0 Å². The molecule has 0 fully saturated rings. The molecule has 0 aliphatic heterocycles. The summed E-state index contributed by atoms with van der Waals surface area (Å²) in [5.74, 6) is 0. The van der Waals surface area contributed by atoms with Gasteiger partial charge in [-0.25, -0.2) is 0 Å². The summed E-state index contributed by atoms with van der Waals surface area (Å²) in [5, 5.41) is 0. The van der Waals surface area contributed by atoms with Gasteiger partial charge in [-0.05, 0) is 24.6 Å². The third-order valence-corrected chi connectivity index (χ3v) is 3.98. The second-order valence-electron chi connectivity index (χ2n) is 5.82. The molecule has 0 aliphatic rings. The number of benzene rings is 2. The van der Waals surface area contributed by atoms with Crippen LogP contribution in [0, 0.1) is 6.92 Å². The van der Waals surface area contributed by atoms with Crippen LogP contribution in [0.4, 0.5) is 5.69 Å². The van der Waals surface area contributed by atoms with E-state index in [1.54, 1.807) is 0 Å². The lowest BCUT2D eigenvalue weighted by atomic mass is 9.82. The lowest BCUT2D eigenvalue weighted by molar-refractivity contribution is 0.485. The molecule has 0 amide bonds. The summed E-state index contributed by atoms with van der Waals surface area (Å²) in [5.41, 5.74) is 9.83. The van der Waals surface area contributed by atoms with E-state index in [1.165, 1.54) is 16.8 Å². The van der Waals surface area contributed by atoms with Crippen LogP contribution in [0.25, 0.3) is 0 Å². The zero-order valence-electron chi connectivity index (χ0n) is 12.6. The maximum atomic E-state index is 6.06. The second-order valence-corrected chi connectivity index (χ2v) is 5.82. The Bertz CT molecular complexity index is 533. The summed E-state index contributed by atoms with van der Waals surface area (Å²) in [6.07, 6.45) is 0. The van der Waals surface area contributed by atoms with Crippen LogP contribution in [0.3, 0.4) is 0 Å². The van der Waals surface area contributed by atoms with Gasteiger partial charge in [0.15, 0.2) is 0 Å². The van der Waals surface area contributed by atoms with E-state index in [0.29, 0.717) is 6.54 Å². The monoisotopic (exact) mass is 268 g/mol. The summed E-state index contributed by atoms with van der Waals surface area (Å²) in [6, 6.07) is 19.1. The topological polar surface area (TPSA) is 29.3 Å². The number of nitrogens with zero attached hydrogens (tertiary/aromatic N) is 1. The molecule has 0 heterocycles. The van der Waals surface area contributed by atoms with Crippen molar-refractivity contribution in [3.8, 4) is 0 Å². The van der Waals surface area contributed by atoms with E-state index in [-0.39, 0.29) is 5.41 Å². The highest BCUT2D eigenvalue weighted by Gasteiger charge is 2.26. The molecule has 2 nitrogen and oxygen atoms in total. The molecule has 0 aromatic heterocycles. The first-order valence-electron chi connectivity index (χ1n) is 7.08. The number of rotatable bonds is 5. The standard InChI is InChI=1S/C18H24N2/c1-15-9-11-17(12-10-15)20(3)14-18(2,13-19)16-7-5-4-6-8-16/h4-12H,13-14,19H2,1-3H3. The Morgan fingerprint density at radius 1 is 1.00 bits per heavy atom. The van der Waals surface area contributed by atoms with Crippen molar-refractivity contribution in [1.82, 2.24) is 0 Å². The maximum absolute atomic E-state index is 6.06. The smallest absolute Gasteiger partial charge is 0.0364 e. The van der Waals surface area contributed by atoms with Gasteiger partial charge in [0.2, 0.25) is 0 Å². The largest absolute Gasteiger partial charge is 0.374 e. The second kappa shape index (κ2) is 6.10. The van der Waals surface area contributed by atoms with E-state index in [1.807, 2.05) is 6.07 Å². The van der Waals surface area contributed by atoms with Gasteiger partial charge in [-0.2, -0.15) is 0 Å². The number of likely N-dealkylation sites (N-methyl/N-ethyl adjacent to an activating group) is 1. The first-order chi connectivity index (χ1) is 9.55. The molecule has 20 heavy (non-hydrogen) atoms. The van der Waals surface area contributed by atoms with Gasteiger partial charge in [0.05, 0.1) is 0 Å². The van der Waals surface area contributed by atoms with E-state index in [2.05, 4.69) is 74.3 Å². The Kier molecular flexibility index (Phi) is 4.46. The first-order valence-corrected chi connectivity index (χ1v) is 7.08. The van der Waals surface area contributed by atoms with E-state index in [0.717, 1.165) is 6.54 Å². The van der Waals surface area contributed by atoms with Gasteiger partial charge in [-0.3, -0.25) is 0 Å². The molecular formula is C18H24N2. The van der Waals surface area contributed by atoms with Gasteiger partial charge in [0.1, 0.15) is 0 Å². The highest BCUT2D eigenvalue weighted by atomic mass is 15.1. The van der Waals surface area contributed by atoms with Crippen molar-refractivity contribution in [2.24, 2.45) is 5.73 Å². The van der Waals surface area contributed by atoms with Crippen LogP contribution in [0.2, 0.25) is 0 Å². The molecule has 0 aliphatic carbocycles. The molecular weight excluding hydrogens is 244 g/mol. The van der Waals surface area contributed by atoms with Crippen LogP contribution in [0.1, 0.15) is 18.1 Å². The summed E-state index contributed by atoms with van der Waals surface area (Å²) >= 11 is 0. The Hall–Kier alpha value is -1.80. The Labute approximate surface area is 122 Å². The van der Waals surface area contributed by atoms with Crippen molar-refractivity contribution < 1.29 is 0 Å². The molecule has 0 radical (unpaired) electrons. The first kappa shape index (κ1) is 14.6. The lowest BCUT2D eigenvalue weighted by Gasteiger charge is -2.34. The predicted octanol–water partition coefficient (Wildman–Crippen LogP) is 3.35. The van der Waals surface area contributed by atoms with Gasteiger partial charge in [-0.1, -0.05) is 55.0 Å². The van der Waals surface area contributed by atoms with Crippen molar-refractivity contribution in [3.63, 3.8) is 0 Å². The number of hydrogen-bond donors (Lipinski definition) is 1. The molecule has 2 heteroatoms. The predicted molar refractivity (Wildman–Crippen MR) is 87.3 cm³/mol. The fourth-order valence-corrected chi connectivity index (χ4v) is 2.53. The Morgan fingerprint density at radius 3 is 2.15 bits per heavy atom. The molecule has 0 saturated carbocycles. The number of aryl methyl sites for hydroxylation is 1. The normalized spacial score (nSPS) is 13.8. The Balaban J connectivity index is 2.19. The van der Waals surface area contributed by atoms with Crippen LogP contribution in [0.15, 0.2) is 54.6 Å². The average Bonchev–Trinajstić information content (AvgIpc) is 2.48. The fourth-order valence-electron chi connectivity index (χ4n) is 2.53. The molecule has 2 aromatic rings. The quantitative estimate of drug-likeness (QED) is 0.901. The molecule has 0 spiro atoms. The van der Waals surface area contributed by atoms with Gasteiger partial charge < -0.3 is 10.6 Å². The maximum Gasteiger partial charge on any atom is 0.0364 e. The van der Waals surface area contributed by atoms with E-state index < -0.39 is 0 Å².